The van der Waals surface area contributed by atoms with Crippen LogP contribution in [0.5, 0.6) is 5.75 Å². The molecule has 2 aromatic carbocycles. The number of nitrogens with zero attached hydrogens (tertiary/aromatic N) is 4. The number of hydrogen-bond donors (Lipinski definition) is 4. The minimum atomic E-state index is -1.00. The van der Waals surface area contributed by atoms with Crippen molar-refractivity contribution in [3.63, 3.8) is 0 Å². The molecule has 14 heteroatoms. The first kappa shape index (κ1) is 35.3. The second-order valence-corrected chi connectivity index (χ2v) is 13.9. The molecular weight excluding hydrogens is 679 g/mol. The zero-order valence-corrected chi connectivity index (χ0v) is 29.9. The third-order valence-electron chi connectivity index (χ3n) is 9.08. The number of carbonyl (C=O) groups is 3. The molecule has 1 saturated heterocycles. The number of imidazole rings is 1. The maximum atomic E-state index is 13.5. The lowest BCUT2D eigenvalue weighted by Crippen LogP contribution is -2.52. The van der Waals surface area contributed by atoms with Crippen molar-refractivity contribution >= 4 is 46.6 Å². The first-order valence-electron chi connectivity index (χ1n) is 16.4. The van der Waals surface area contributed by atoms with Crippen molar-refractivity contribution < 1.29 is 19.1 Å². The molecule has 0 radical (unpaired) electrons. The molecule has 0 bridgehead atoms. The van der Waals surface area contributed by atoms with Gasteiger partial charge in [-0.15, -0.1) is 0 Å². The highest BCUT2D eigenvalue weighted by molar-refractivity contribution is 6.39. The van der Waals surface area contributed by atoms with Crippen molar-refractivity contribution in [1.29, 1.82) is 0 Å². The van der Waals surface area contributed by atoms with Crippen LogP contribution in [0.1, 0.15) is 54.3 Å². The Kier molecular flexibility index (Phi) is 10.2. The van der Waals surface area contributed by atoms with E-state index in [1.807, 2.05) is 24.3 Å². The normalized spacial score (nSPS) is 15.9. The van der Waals surface area contributed by atoms with Gasteiger partial charge in [0.05, 0.1) is 46.3 Å². The van der Waals surface area contributed by atoms with Gasteiger partial charge in [0, 0.05) is 79.7 Å². The average Bonchev–Trinajstić information content (AvgIpc) is 3.66. The number of rotatable bonds is 10. The minimum Gasteiger partial charge on any atom is -0.496 e. The van der Waals surface area contributed by atoms with Crippen LogP contribution in [0.15, 0.2) is 48.7 Å². The summed E-state index contributed by atoms with van der Waals surface area (Å²) in [5, 5.41) is 9.97. The first-order valence-corrected chi connectivity index (χ1v) is 17.2. The van der Waals surface area contributed by atoms with Crippen LogP contribution in [-0.4, -0.2) is 68.9 Å². The summed E-state index contributed by atoms with van der Waals surface area (Å²) < 4.78 is 7.46. The fourth-order valence-corrected chi connectivity index (χ4v) is 7.03. The largest absolute Gasteiger partial charge is 0.496 e. The van der Waals surface area contributed by atoms with Crippen molar-refractivity contribution in [2.24, 2.45) is 12.8 Å². The summed E-state index contributed by atoms with van der Waals surface area (Å²) in [5.41, 5.74) is 10.5. The number of hydrogen-bond acceptors (Lipinski definition) is 8. The third kappa shape index (κ3) is 7.20. The SMILES string of the molecule is COc1cc(-c2nccc(-c3cccc(NC(=O)c4nc5c(n4C)CCN(C(=O)C(C)(C)N)C5)c3Cl)c2Cl)ccc1CNCC1CCC(=O)N1. The van der Waals surface area contributed by atoms with E-state index >= 15 is 0 Å². The van der Waals surface area contributed by atoms with E-state index < -0.39 is 11.4 Å². The Morgan fingerprint density at radius 2 is 1.90 bits per heavy atom. The molecule has 5 N–H and O–H groups in total. The Bertz CT molecular complexity index is 1970. The predicted octanol–water partition coefficient (Wildman–Crippen LogP) is 4.71. The second-order valence-electron chi connectivity index (χ2n) is 13.2. The van der Waals surface area contributed by atoms with Gasteiger partial charge in [-0.1, -0.05) is 47.5 Å². The Morgan fingerprint density at radius 3 is 2.62 bits per heavy atom. The van der Waals surface area contributed by atoms with Gasteiger partial charge < -0.3 is 35.9 Å². The number of benzene rings is 2. The van der Waals surface area contributed by atoms with Gasteiger partial charge >= 0.3 is 0 Å². The molecule has 4 heterocycles. The summed E-state index contributed by atoms with van der Waals surface area (Å²) in [4.78, 5) is 48.7. The van der Waals surface area contributed by atoms with Gasteiger partial charge in [-0.05, 0) is 38.5 Å². The molecule has 262 valence electrons. The summed E-state index contributed by atoms with van der Waals surface area (Å²) in [6, 6.07) is 13.0. The molecular formula is C36H40Cl2N8O4. The van der Waals surface area contributed by atoms with Crippen LogP contribution in [-0.2, 0) is 36.1 Å². The second kappa shape index (κ2) is 14.4. The minimum absolute atomic E-state index is 0.0891. The summed E-state index contributed by atoms with van der Waals surface area (Å²) >= 11 is 13.9. The molecule has 6 rings (SSSR count). The van der Waals surface area contributed by atoms with Crippen LogP contribution in [0.2, 0.25) is 10.0 Å². The molecule has 12 nitrogen and oxygen atoms in total. The molecule has 0 aliphatic carbocycles. The molecule has 4 aromatic rings. The maximum Gasteiger partial charge on any atom is 0.291 e. The Balaban J connectivity index is 1.20. The van der Waals surface area contributed by atoms with Crippen molar-refractivity contribution in [2.75, 3.05) is 25.5 Å². The number of nitrogens with one attached hydrogen (secondary N) is 3. The van der Waals surface area contributed by atoms with Gasteiger partial charge in [0.15, 0.2) is 5.82 Å². The van der Waals surface area contributed by atoms with Crippen LogP contribution in [0.4, 0.5) is 5.69 Å². The van der Waals surface area contributed by atoms with Gasteiger partial charge in [-0.2, -0.15) is 0 Å². The maximum absolute atomic E-state index is 13.5. The fraction of sp³-hybridized carbons (Fsp3) is 0.361. The predicted molar refractivity (Wildman–Crippen MR) is 193 cm³/mol. The van der Waals surface area contributed by atoms with Crippen LogP contribution in [0, 0.1) is 0 Å². The monoisotopic (exact) mass is 718 g/mol. The van der Waals surface area contributed by atoms with E-state index in [1.165, 1.54) is 0 Å². The highest BCUT2D eigenvalue weighted by atomic mass is 35.5. The van der Waals surface area contributed by atoms with E-state index in [9.17, 15) is 14.4 Å². The number of nitrogens with two attached hydrogens (primary N) is 1. The zero-order valence-electron chi connectivity index (χ0n) is 28.4. The summed E-state index contributed by atoms with van der Waals surface area (Å²) in [6.45, 7) is 5.36. The van der Waals surface area contributed by atoms with Gasteiger partial charge in [-0.3, -0.25) is 19.4 Å². The fourth-order valence-electron chi connectivity index (χ4n) is 6.43. The van der Waals surface area contributed by atoms with Crippen molar-refractivity contribution in [2.45, 2.75) is 57.8 Å². The Hall–Kier alpha value is -4.49. The lowest BCUT2D eigenvalue weighted by atomic mass is 10.0. The molecule has 2 aliphatic rings. The molecule has 2 aliphatic heterocycles. The number of methoxy groups -OCH3 is 1. The molecule has 3 amide bonds. The third-order valence-corrected chi connectivity index (χ3v) is 9.87. The smallest absolute Gasteiger partial charge is 0.291 e. The highest BCUT2D eigenvalue weighted by Gasteiger charge is 2.33. The van der Waals surface area contributed by atoms with E-state index in [0.717, 1.165) is 23.2 Å². The molecule has 0 saturated carbocycles. The topological polar surface area (TPSA) is 156 Å². The molecule has 50 heavy (non-hydrogen) atoms. The number of ether oxygens (including phenoxy) is 1. The van der Waals surface area contributed by atoms with Gasteiger partial charge in [0.25, 0.3) is 5.91 Å². The summed E-state index contributed by atoms with van der Waals surface area (Å²) in [5.74, 6) is 0.369. The van der Waals surface area contributed by atoms with Gasteiger partial charge in [0.2, 0.25) is 11.8 Å². The number of carbonyl (C=O) groups excluding carboxylic acids is 3. The van der Waals surface area contributed by atoms with E-state index in [4.69, 9.17) is 33.7 Å². The molecule has 0 spiro atoms. The molecule has 1 fully saturated rings. The van der Waals surface area contributed by atoms with E-state index in [2.05, 4.69) is 25.9 Å². The lowest BCUT2D eigenvalue weighted by molar-refractivity contribution is -0.136. The van der Waals surface area contributed by atoms with E-state index in [0.29, 0.717) is 76.5 Å². The molecule has 1 atom stereocenters. The van der Waals surface area contributed by atoms with Crippen LogP contribution >= 0.6 is 23.2 Å². The first-order chi connectivity index (χ1) is 23.8. The number of halogens is 2. The Morgan fingerprint density at radius 1 is 1.12 bits per heavy atom. The van der Waals surface area contributed by atoms with Gasteiger partial charge in [0.1, 0.15) is 5.75 Å². The Labute approximate surface area is 300 Å². The number of anilines is 1. The number of fused-ring (bicyclic) bond motifs is 1. The van der Waals surface area contributed by atoms with Crippen molar-refractivity contribution in [3.8, 4) is 28.1 Å². The highest BCUT2D eigenvalue weighted by Crippen LogP contribution is 2.41. The van der Waals surface area contributed by atoms with Crippen molar-refractivity contribution in [1.82, 2.24) is 30.1 Å². The average molecular weight is 720 g/mol. The van der Waals surface area contributed by atoms with E-state index in [-0.39, 0.29) is 30.2 Å². The summed E-state index contributed by atoms with van der Waals surface area (Å²) in [7, 11) is 3.40. The number of aromatic nitrogens is 3. The van der Waals surface area contributed by atoms with Crippen molar-refractivity contribution in [3.05, 3.63) is 81.5 Å². The number of amides is 3. The van der Waals surface area contributed by atoms with Crippen LogP contribution < -0.4 is 26.4 Å². The lowest BCUT2D eigenvalue weighted by Gasteiger charge is -2.31. The standard InChI is InChI=1S/C36H40Cl2N8O4/c1-36(2,39)35(49)46-15-13-27-26(19-46)43-33(45(27)3)34(48)44-25-7-5-6-23(30(25)37)24-12-14-41-32(31(24)38)20-8-9-21(28(16-20)50-4)17-40-18-22-10-11-29(47)42-22/h5-9,12,14,16,22,40H,10-11,13,15,17-19,39H2,1-4H3,(H,42,47)(H,44,48). The van der Waals surface area contributed by atoms with Crippen LogP contribution in [0.3, 0.4) is 0 Å². The molecule has 2 aromatic heterocycles. The van der Waals surface area contributed by atoms with E-state index in [1.54, 1.807) is 61.9 Å². The van der Waals surface area contributed by atoms with Gasteiger partial charge in [-0.25, -0.2) is 4.98 Å². The number of pyridine rings is 1. The molecule has 1 unspecified atom stereocenters. The van der Waals surface area contributed by atoms with Crippen LogP contribution in [0.25, 0.3) is 22.4 Å². The zero-order chi connectivity index (χ0) is 35.7. The summed E-state index contributed by atoms with van der Waals surface area (Å²) in [6.07, 6.45) is 3.60. The quantitative estimate of drug-likeness (QED) is 0.184.